The number of carbonyl (C=O) groups excluding carboxylic acids is 1. The number of piperidine rings is 1. The summed E-state index contributed by atoms with van der Waals surface area (Å²) in [5, 5.41) is 2.81. The fraction of sp³-hybridized carbons (Fsp3) is 0.292. The molecule has 0 atom stereocenters. The number of hydrogen-bond donors (Lipinski definition) is 1. The molecule has 1 fully saturated rings. The van der Waals surface area contributed by atoms with Crippen LogP contribution in [0.3, 0.4) is 0 Å². The maximum atomic E-state index is 13.1. The number of nitrogens with one attached hydrogen (secondary N) is 1. The van der Waals surface area contributed by atoms with Gasteiger partial charge in [0.1, 0.15) is 5.82 Å². The number of hydrogen-bond acceptors (Lipinski definition) is 5. The quantitative estimate of drug-likeness (QED) is 0.629. The number of sulfonamides is 1. The maximum Gasteiger partial charge on any atom is 0.257 e. The number of carbonyl (C=O) groups is 1. The highest BCUT2D eigenvalue weighted by molar-refractivity contribution is 7.89. The van der Waals surface area contributed by atoms with Crippen LogP contribution >= 0.6 is 0 Å². The molecule has 1 N–H and O–H groups in total. The normalized spacial score (nSPS) is 14.8. The molecular weight excluding hydrogens is 424 g/mol. The molecule has 0 unspecified atom stereocenters. The average molecular weight is 451 g/mol. The molecule has 1 aliphatic heterocycles. The molecule has 2 heterocycles. The van der Waals surface area contributed by atoms with Crippen LogP contribution in [0.25, 0.3) is 11.4 Å². The van der Waals surface area contributed by atoms with E-state index in [1.54, 1.807) is 25.1 Å². The lowest BCUT2D eigenvalue weighted by Gasteiger charge is -2.26. The van der Waals surface area contributed by atoms with Gasteiger partial charge in [0, 0.05) is 36.0 Å². The van der Waals surface area contributed by atoms with Crippen molar-refractivity contribution in [3.05, 3.63) is 71.4 Å². The molecule has 0 aliphatic carbocycles. The number of rotatable bonds is 5. The Labute approximate surface area is 188 Å². The lowest BCUT2D eigenvalue weighted by Crippen LogP contribution is -2.35. The Kier molecular flexibility index (Phi) is 6.34. The van der Waals surface area contributed by atoms with E-state index < -0.39 is 15.9 Å². The Morgan fingerprint density at radius 2 is 1.66 bits per heavy atom. The lowest BCUT2D eigenvalue weighted by atomic mass is 10.1. The molecule has 0 saturated carbocycles. The molecule has 8 heteroatoms. The summed E-state index contributed by atoms with van der Waals surface area (Å²) in [5.74, 6) is 0.472. The third kappa shape index (κ3) is 4.71. The Hall–Kier alpha value is -3.10. The fourth-order valence-corrected chi connectivity index (χ4v) is 5.34. The summed E-state index contributed by atoms with van der Waals surface area (Å²) in [7, 11) is -3.63. The van der Waals surface area contributed by atoms with E-state index in [2.05, 4.69) is 15.3 Å². The predicted octanol–water partition coefficient (Wildman–Crippen LogP) is 4.19. The van der Waals surface area contributed by atoms with Gasteiger partial charge < -0.3 is 5.32 Å². The molecular formula is C24H26N4O3S. The van der Waals surface area contributed by atoms with Gasteiger partial charge in [0.2, 0.25) is 10.0 Å². The topological polar surface area (TPSA) is 92.3 Å². The summed E-state index contributed by atoms with van der Waals surface area (Å²) in [4.78, 5) is 22.1. The summed E-state index contributed by atoms with van der Waals surface area (Å²) in [5.41, 5.74) is 2.56. The van der Waals surface area contributed by atoms with Crippen molar-refractivity contribution in [2.24, 2.45) is 0 Å². The standard InChI is InChI=1S/C24H26N4O3S/c1-17-11-12-20(32(30,31)28-13-7-4-8-14-28)16-21(17)24(29)27-22-15-18(2)25-23(26-22)19-9-5-3-6-10-19/h3,5-6,9-12,15-16H,4,7-8,13-14H2,1-2H3,(H,25,26,27,29). The van der Waals surface area contributed by atoms with E-state index in [9.17, 15) is 13.2 Å². The van der Waals surface area contributed by atoms with Gasteiger partial charge in [0.05, 0.1) is 4.90 Å². The minimum absolute atomic E-state index is 0.138. The smallest absolute Gasteiger partial charge is 0.257 e. The predicted molar refractivity (Wildman–Crippen MR) is 124 cm³/mol. The largest absolute Gasteiger partial charge is 0.306 e. The van der Waals surface area contributed by atoms with Crippen molar-refractivity contribution in [3.63, 3.8) is 0 Å². The monoisotopic (exact) mass is 450 g/mol. The van der Waals surface area contributed by atoms with Gasteiger partial charge in [-0.3, -0.25) is 4.79 Å². The fourth-order valence-electron chi connectivity index (χ4n) is 3.79. The van der Waals surface area contributed by atoms with Crippen LogP contribution in [-0.2, 0) is 10.0 Å². The molecule has 1 aromatic heterocycles. The SMILES string of the molecule is Cc1cc(NC(=O)c2cc(S(=O)(=O)N3CCCCC3)ccc2C)nc(-c2ccccc2)n1. The van der Waals surface area contributed by atoms with Crippen LogP contribution in [0.1, 0.15) is 40.9 Å². The Morgan fingerprint density at radius 1 is 0.938 bits per heavy atom. The van der Waals surface area contributed by atoms with E-state index in [0.717, 1.165) is 24.8 Å². The Bertz CT molecular complexity index is 1240. The number of aryl methyl sites for hydroxylation is 2. The van der Waals surface area contributed by atoms with Crippen LogP contribution in [-0.4, -0.2) is 41.7 Å². The molecule has 0 bridgehead atoms. The van der Waals surface area contributed by atoms with Crippen LogP contribution < -0.4 is 5.32 Å². The number of benzene rings is 2. The third-order valence-corrected chi connectivity index (χ3v) is 7.43. The van der Waals surface area contributed by atoms with Gasteiger partial charge in [-0.2, -0.15) is 4.31 Å². The Balaban J connectivity index is 1.62. The molecule has 2 aromatic carbocycles. The molecule has 1 saturated heterocycles. The van der Waals surface area contributed by atoms with E-state index in [1.165, 1.54) is 10.4 Å². The molecule has 0 radical (unpaired) electrons. The van der Waals surface area contributed by atoms with E-state index in [0.29, 0.717) is 41.6 Å². The zero-order valence-corrected chi connectivity index (χ0v) is 19.0. The first-order valence-corrected chi connectivity index (χ1v) is 12.1. The van der Waals surface area contributed by atoms with Gasteiger partial charge in [0.25, 0.3) is 5.91 Å². The zero-order valence-electron chi connectivity index (χ0n) is 18.2. The molecule has 0 spiro atoms. The van der Waals surface area contributed by atoms with Crippen LogP contribution in [0.2, 0.25) is 0 Å². The van der Waals surface area contributed by atoms with E-state index in [1.807, 2.05) is 37.3 Å². The maximum absolute atomic E-state index is 13.1. The number of anilines is 1. The zero-order chi connectivity index (χ0) is 22.7. The molecule has 4 rings (SSSR count). The van der Waals surface area contributed by atoms with Crippen LogP contribution in [0.15, 0.2) is 59.5 Å². The number of nitrogens with zero attached hydrogens (tertiary/aromatic N) is 3. The van der Waals surface area contributed by atoms with Crippen molar-refractivity contribution in [1.29, 1.82) is 0 Å². The van der Waals surface area contributed by atoms with Gasteiger partial charge in [0.15, 0.2) is 5.82 Å². The second-order valence-corrected chi connectivity index (χ2v) is 9.92. The molecule has 166 valence electrons. The van der Waals surface area contributed by atoms with Gasteiger partial charge in [-0.25, -0.2) is 18.4 Å². The molecule has 1 amide bonds. The highest BCUT2D eigenvalue weighted by atomic mass is 32.2. The van der Waals surface area contributed by atoms with Crippen molar-refractivity contribution in [2.45, 2.75) is 38.0 Å². The van der Waals surface area contributed by atoms with Gasteiger partial charge >= 0.3 is 0 Å². The molecule has 1 aliphatic rings. The number of aromatic nitrogens is 2. The molecule has 3 aromatic rings. The van der Waals surface area contributed by atoms with Crippen molar-refractivity contribution in [1.82, 2.24) is 14.3 Å². The lowest BCUT2D eigenvalue weighted by molar-refractivity contribution is 0.102. The molecule has 7 nitrogen and oxygen atoms in total. The van der Waals surface area contributed by atoms with Crippen molar-refractivity contribution in [2.75, 3.05) is 18.4 Å². The summed E-state index contributed by atoms with van der Waals surface area (Å²) < 4.78 is 27.6. The van der Waals surface area contributed by atoms with Crippen molar-refractivity contribution < 1.29 is 13.2 Å². The highest BCUT2D eigenvalue weighted by Gasteiger charge is 2.27. The summed E-state index contributed by atoms with van der Waals surface area (Å²) >= 11 is 0. The van der Waals surface area contributed by atoms with Crippen LogP contribution in [0.5, 0.6) is 0 Å². The second kappa shape index (κ2) is 9.18. The van der Waals surface area contributed by atoms with Crippen LogP contribution in [0, 0.1) is 13.8 Å². The van der Waals surface area contributed by atoms with E-state index in [4.69, 9.17) is 0 Å². The number of amides is 1. The van der Waals surface area contributed by atoms with Gasteiger partial charge in [-0.05, 0) is 44.4 Å². The summed E-state index contributed by atoms with van der Waals surface area (Å²) in [6.07, 6.45) is 2.75. The van der Waals surface area contributed by atoms with Gasteiger partial charge in [-0.15, -0.1) is 0 Å². The van der Waals surface area contributed by atoms with E-state index in [-0.39, 0.29) is 4.90 Å². The minimum atomic E-state index is -3.63. The van der Waals surface area contributed by atoms with Crippen molar-refractivity contribution >= 4 is 21.7 Å². The first-order valence-electron chi connectivity index (χ1n) is 10.7. The van der Waals surface area contributed by atoms with Gasteiger partial charge in [-0.1, -0.05) is 42.8 Å². The molecule has 32 heavy (non-hydrogen) atoms. The van der Waals surface area contributed by atoms with Crippen LogP contribution in [0.4, 0.5) is 5.82 Å². The van der Waals surface area contributed by atoms with E-state index >= 15 is 0 Å². The first kappa shape index (κ1) is 22.1. The third-order valence-electron chi connectivity index (χ3n) is 5.53. The minimum Gasteiger partial charge on any atom is -0.306 e. The average Bonchev–Trinajstić information content (AvgIpc) is 2.80. The van der Waals surface area contributed by atoms with Crippen molar-refractivity contribution in [3.8, 4) is 11.4 Å². The second-order valence-electron chi connectivity index (χ2n) is 7.98. The summed E-state index contributed by atoms with van der Waals surface area (Å²) in [6, 6.07) is 15.9. The summed E-state index contributed by atoms with van der Waals surface area (Å²) in [6.45, 7) is 4.65. The first-order chi connectivity index (χ1) is 15.3. The Morgan fingerprint density at radius 3 is 2.38 bits per heavy atom. The highest BCUT2D eigenvalue weighted by Crippen LogP contribution is 2.24.